The first kappa shape index (κ1) is 13.5. The highest BCUT2D eigenvalue weighted by Crippen LogP contribution is 2.06. The molecule has 1 saturated heterocycles. The molecule has 0 unspecified atom stereocenters. The molecule has 0 aromatic heterocycles. The second kappa shape index (κ2) is 6.27. The van der Waals surface area contributed by atoms with Gasteiger partial charge >= 0.3 is 6.03 Å². The van der Waals surface area contributed by atoms with Crippen LogP contribution in [0.4, 0.5) is 4.79 Å². The van der Waals surface area contributed by atoms with Gasteiger partial charge in [-0.1, -0.05) is 6.58 Å². The zero-order valence-electron chi connectivity index (χ0n) is 10.7. The Labute approximate surface area is 103 Å². The fourth-order valence-corrected chi connectivity index (χ4v) is 1.94. The maximum absolute atomic E-state index is 12.0. The molecule has 1 aliphatic rings. The normalized spacial score (nSPS) is 15.6. The van der Waals surface area contributed by atoms with Gasteiger partial charge < -0.3 is 14.7 Å². The van der Waals surface area contributed by atoms with Crippen LogP contribution in [0.25, 0.3) is 0 Å². The molecular weight excluding hydrogens is 218 g/mol. The molecule has 0 atom stereocenters. The number of urea groups is 1. The average Bonchev–Trinajstić information content (AvgIpc) is 2.39. The van der Waals surface area contributed by atoms with Crippen molar-refractivity contribution in [3.05, 3.63) is 12.7 Å². The first-order chi connectivity index (χ1) is 8.13. The smallest absolute Gasteiger partial charge is 0.320 e. The van der Waals surface area contributed by atoms with E-state index in [1.165, 1.54) is 6.08 Å². The van der Waals surface area contributed by atoms with Crippen molar-refractivity contribution in [2.75, 3.05) is 39.3 Å². The van der Waals surface area contributed by atoms with Crippen molar-refractivity contribution in [2.24, 2.45) is 0 Å². The Morgan fingerprint density at radius 2 is 1.59 bits per heavy atom. The second-order valence-electron chi connectivity index (χ2n) is 3.97. The molecule has 0 bridgehead atoms. The van der Waals surface area contributed by atoms with Crippen LogP contribution in [-0.4, -0.2) is 65.9 Å². The molecule has 1 fully saturated rings. The van der Waals surface area contributed by atoms with Crippen LogP contribution in [-0.2, 0) is 4.79 Å². The minimum atomic E-state index is -0.0556. The third kappa shape index (κ3) is 3.22. The number of rotatable bonds is 3. The summed E-state index contributed by atoms with van der Waals surface area (Å²) in [4.78, 5) is 28.7. The number of carbonyl (C=O) groups excluding carboxylic acids is 2. The van der Waals surface area contributed by atoms with Crippen LogP contribution >= 0.6 is 0 Å². The van der Waals surface area contributed by atoms with Gasteiger partial charge in [-0.25, -0.2) is 4.79 Å². The summed E-state index contributed by atoms with van der Waals surface area (Å²) in [5.41, 5.74) is 0. The van der Waals surface area contributed by atoms with Crippen LogP contribution in [0.5, 0.6) is 0 Å². The van der Waals surface area contributed by atoms with Crippen molar-refractivity contribution in [1.82, 2.24) is 14.7 Å². The van der Waals surface area contributed by atoms with Gasteiger partial charge in [0.1, 0.15) is 0 Å². The number of piperazine rings is 1. The quantitative estimate of drug-likeness (QED) is 0.683. The number of hydrogen-bond acceptors (Lipinski definition) is 2. The summed E-state index contributed by atoms with van der Waals surface area (Å²) in [6, 6.07) is 0.0701. The van der Waals surface area contributed by atoms with E-state index in [0.717, 1.165) is 13.1 Å². The van der Waals surface area contributed by atoms with E-state index >= 15 is 0 Å². The minimum Gasteiger partial charge on any atom is -0.336 e. The summed E-state index contributed by atoms with van der Waals surface area (Å²) >= 11 is 0. The van der Waals surface area contributed by atoms with Gasteiger partial charge in [-0.2, -0.15) is 0 Å². The van der Waals surface area contributed by atoms with Gasteiger partial charge in [-0.3, -0.25) is 4.79 Å². The summed E-state index contributed by atoms with van der Waals surface area (Å²) in [6.07, 6.45) is 1.32. The Bertz CT molecular complexity index is 292. The molecule has 1 heterocycles. The molecular formula is C12H21N3O2. The van der Waals surface area contributed by atoms with E-state index in [9.17, 15) is 9.59 Å². The van der Waals surface area contributed by atoms with E-state index < -0.39 is 0 Å². The monoisotopic (exact) mass is 239 g/mol. The van der Waals surface area contributed by atoms with Gasteiger partial charge in [0.25, 0.3) is 0 Å². The molecule has 5 heteroatoms. The van der Waals surface area contributed by atoms with E-state index in [2.05, 4.69) is 6.58 Å². The molecule has 0 radical (unpaired) electrons. The first-order valence-corrected chi connectivity index (χ1v) is 6.09. The number of nitrogens with zero attached hydrogens (tertiary/aromatic N) is 3. The van der Waals surface area contributed by atoms with Crippen LogP contribution < -0.4 is 0 Å². The highest BCUT2D eigenvalue weighted by molar-refractivity contribution is 5.87. The molecule has 0 spiro atoms. The molecule has 0 aromatic rings. The molecule has 96 valence electrons. The summed E-state index contributed by atoms with van der Waals surface area (Å²) in [5.74, 6) is -0.0556. The van der Waals surface area contributed by atoms with Crippen LogP contribution in [0.3, 0.4) is 0 Å². The first-order valence-electron chi connectivity index (χ1n) is 6.09. The maximum atomic E-state index is 12.0. The van der Waals surface area contributed by atoms with Gasteiger partial charge in [0.2, 0.25) is 5.91 Å². The predicted octanol–water partition coefficient (Wildman–Crippen LogP) is 0.778. The Morgan fingerprint density at radius 3 is 2.00 bits per heavy atom. The van der Waals surface area contributed by atoms with Gasteiger partial charge in [-0.05, 0) is 19.9 Å². The maximum Gasteiger partial charge on any atom is 0.320 e. The zero-order chi connectivity index (χ0) is 12.8. The van der Waals surface area contributed by atoms with E-state index in [1.54, 1.807) is 14.7 Å². The average molecular weight is 239 g/mol. The highest BCUT2D eigenvalue weighted by Gasteiger charge is 2.24. The standard InChI is InChI=1S/C12H21N3O2/c1-4-11(16)14-7-9-15(10-8-14)12(17)13(5-2)6-3/h4H,1,5-10H2,2-3H3. The molecule has 3 amide bonds. The van der Waals surface area contributed by atoms with Crippen LogP contribution in [0.15, 0.2) is 12.7 Å². The lowest BCUT2D eigenvalue weighted by atomic mass is 10.3. The molecule has 1 rings (SSSR count). The van der Waals surface area contributed by atoms with E-state index in [1.807, 2.05) is 13.8 Å². The van der Waals surface area contributed by atoms with Crippen molar-refractivity contribution >= 4 is 11.9 Å². The fraction of sp³-hybridized carbons (Fsp3) is 0.667. The van der Waals surface area contributed by atoms with Crippen LogP contribution in [0.1, 0.15) is 13.8 Å². The molecule has 17 heavy (non-hydrogen) atoms. The highest BCUT2D eigenvalue weighted by atomic mass is 16.2. The summed E-state index contributed by atoms with van der Waals surface area (Å²) in [6.45, 7) is 11.3. The van der Waals surface area contributed by atoms with E-state index in [0.29, 0.717) is 26.2 Å². The van der Waals surface area contributed by atoms with Gasteiger partial charge in [0.15, 0.2) is 0 Å². The summed E-state index contributed by atoms with van der Waals surface area (Å²) in [5, 5.41) is 0. The molecule has 1 aliphatic heterocycles. The van der Waals surface area contributed by atoms with E-state index in [-0.39, 0.29) is 11.9 Å². The predicted molar refractivity (Wildman–Crippen MR) is 66.7 cm³/mol. The lowest BCUT2D eigenvalue weighted by Crippen LogP contribution is -2.53. The molecule has 0 aliphatic carbocycles. The van der Waals surface area contributed by atoms with Crippen molar-refractivity contribution in [2.45, 2.75) is 13.8 Å². The summed E-state index contributed by atoms with van der Waals surface area (Å²) in [7, 11) is 0. The third-order valence-electron chi connectivity index (χ3n) is 3.07. The van der Waals surface area contributed by atoms with Gasteiger partial charge in [0, 0.05) is 39.3 Å². The Kier molecular flexibility index (Phi) is 5.00. The molecule has 5 nitrogen and oxygen atoms in total. The zero-order valence-corrected chi connectivity index (χ0v) is 10.7. The van der Waals surface area contributed by atoms with Gasteiger partial charge in [-0.15, -0.1) is 0 Å². The van der Waals surface area contributed by atoms with Gasteiger partial charge in [0.05, 0.1) is 0 Å². The van der Waals surface area contributed by atoms with Crippen LogP contribution in [0.2, 0.25) is 0 Å². The summed E-state index contributed by atoms with van der Waals surface area (Å²) < 4.78 is 0. The molecule has 0 saturated carbocycles. The number of amides is 3. The number of carbonyl (C=O) groups is 2. The van der Waals surface area contributed by atoms with Crippen molar-refractivity contribution in [3.63, 3.8) is 0 Å². The Morgan fingerprint density at radius 1 is 1.12 bits per heavy atom. The molecule has 0 aromatic carbocycles. The fourth-order valence-electron chi connectivity index (χ4n) is 1.94. The number of hydrogen-bond donors (Lipinski definition) is 0. The molecule has 0 N–H and O–H groups in total. The van der Waals surface area contributed by atoms with Crippen molar-refractivity contribution in [1.29, 1.82) is 0 Å². The lowest BCUT2D eigenvalue weighted by Gasteiger charge is -2.36. The van der Waals surface area contributed by atoms with Crippen molar-refractivity contribution < 1.29 is 9.59 Å². The van der Waals surface area contributed by atoms with E-state index in [4.69, 9.17) is 0 Å². The largest absolute Gasteiger partial charge is 0.336 e. The SMILES string of the molecule is C=CC(=O)N1CCN(C(=O)N(CC)CC)CC1. The minimum absolute atomic E-state index is 0.0556. The Hall–Kier alpha value is -1.52. The topological polar surface area (TPSA) is 43.9 Å². The van der Waals surface area contributed by atoms with Crippen LogP contribution in [0, 0.1) is 0 Å². The second-order valence-corrected chi connectivity index (χ2v) is 3.97. The van der Waals surface area contributed by atoms with Crippen molar-refractivity contribution in [3.8, 4) is 0 Å². The Balaban J connectivity index is 2.49. The lowest BCUT2D eigenvalue weighted by molar-refractivity contribution is -0.127. The third-order valence-corrected chi connectivity index (χ3v) is 3.07.